The Morgan fingerprint density at radius 1 is 1.03 bits per heavy atom. The van der Waals surface area contributed by atoms with Crippen molar-refractivity contribution in [2.45, 2.75) is 20.3 Å². The summed E-state index contributed by atoms with van der Waals surface area (Å²) in [5.41, 5.74) is 4.10. The minimum atomic E-state index is -0.515. The number of rotatable bonds is 7. The summed E-state index contributed by atoms with van der Waals surface area (Å²) in [6.45, 7) is 3.59. The fourth-order valence-corrected chi connectivity index (χ4v) is 2.92. The van der Waals surface area contributed by atoms with Crippen LogP contribution < -0.4 is 14.8 Å². The van der Waals surface area contributed by atoms with Gasteiger partial charge in [0.05, 0.1) is 32.6 Å². The number of hydrogen-bond donors (Lipinski definition) is 1. The molecule has 0 saturated carbocycles. The zero-order chi connectivity index (χ0) is 21.0. The summed E-state index contributed by atoms with van der Waals surface area (Å²) in [7, 11) is 3.02. The molecule has 7 nitrogen and oxygen atoms in total. The van der Waals surface area contributed by atoms with Crippen LogP contribution in [0.1, 0.15) is 16.7 Å². The Balaban J connectivity index is 1.60. The SMILES string of the molecule is COc1ccc(OC)c(NC(=O)COC(=O)Cc2coc3cc(C)c(C)cc23)c1. The topological polar surface area (TPSA) is 87.0 Å². The third-order valence-electron chi connectivity index (χ3n) is 4.65. The second-order valence-electron chi connectivity index (χ2n) is 6.65. The number of fused-ring (bicyclic) bond motifs is 1. The lowest BCUT2D eigenvalue weighted by molar-refractivity contribution is -0.146. The summed E-state index contributed by atoms with van der Waals surface area (Å²) >= 11 is 0. The van der Waals surface area contributed by atoms with Crippen LogP contribution in [0.15, 0.2) is 41.0 Å². The van der Waals surface area contributed by atoms with Crippen LogP contribution in [0.25, 0.3) is 11.0 Å². The van der Waals surface area contributed by atoms with E-state index in [4.69, 9.17) is 18.6 Å². The highest BCUT2D eigenvalue weighted by Crippen LogP contribution is 2.29. The zero-order valence-corrected chi connectivity index (χ0v) is 16.8. The molecule has 0 saturated heterocycles. The molecule has 0 aliphatic heterocycles. The molecule has 3 rings (SSSR count). The third-order valence-corrected chi connectivity index (χ3v) is 4.65. The third kappa shape index (κ3) is 4.68. The number of furan rings is 1. The molecule has 152 valence electrons. The molecule has 0 spiro atoms. The molecule has 0 aliphatic rings. The average Bonchev–Trinajstić information content (AvgIpc) is 3.08. The molecule has 29 heavy (non-hydrogen) atoms. The summed E-state index contributed by atoms with van der Waals surface area (Å²) in [6.07, 6.45) is 1.57. The molecule has 1 amide bonds. The number of methoxy groups -OCH3 is 2. The Hall–Kier alpha value is -3.48. The number of hydrogen-bond acceptors (Lipinski definition) is 6. The first kappa shape index (κ1) is 20.3. The highest BCUT2D eigenvalue weighted by Gasteiger charge is 2.15. The lowest BCUT2D eigenvalue weighted by Gasteiger charge is -2.12. The molecular weight excluding hydrogens is 374 g/mol. The van der Waals surface area contributed by atoms with E-state index >= 15 is 0 Å². The van der Waals surface area contributed by atoms with Crippen LogP contribution in [-0.4, -0.2) is 32.7 Å². The number of carbonyl (C=O) groups is 2. The smallest absolute Gasteiger partial charge is 0.310 e. The molecule has 0 fully saturated rings. The van der Waals surface area contributed by atoms with Crippen LogP contribution in [0, 0.1) is 13.8 Å². The first-order valence-electron chi connectivity index (χ1n) is 9.06. The zero-order valence-electron chi connectivity index (χ0n) is 16.8. The highest BCUT2D eigenvalue weighted by atomic mass is 16.5. The molecule has 2 aromatic carbocycles. The van der Waals surface area contributed by atoms with Crippen LogP contribution >= 0.6 is 0 Å². The average molecular weight is 397 g/mol. The Morgan fingerprint density at radius 3 is 2.52 bits per heavy atom. The first-order valence-corrected chi connectivity index (χ1v) is 9.06. The number of ether oxygens (including phenoxy) is 3. The molecule has 0 unspecified atom stereocenters. The number of amides is 1. The standard InChI is InChI=1S/C22H23NO6/c1-13-7-17-15(11-28-20(17)8-14(13)2)9-22(25)29-12-21(24)23-18-10-16(26-3)5-6-19(18)27-4/h5-8,10-11H,9,12H2,1-4H3,(H,23,24). The number of anilines is 1. The Kier molecular flexibility index (Phi) is 6.07. The predicted octanol–water partition coefficient (Wildman–Crippen LogP) is 3.79. The fourth-order valence-electron chi connectivity index (χ4n) is 2.92. The van der Waals surface area contributed by atoms with Crippen molar-refractivity contribution in [1.29, 1.82) is 0 Å². The van der Waals surface area contributed by atoms with Crippen molar-refractivity contribution in [3.63, 3.8) is 0 Å². The van der Waals surface area contributed by atoms with Crippen LogP contribution in [0.4, 0.5) is 5.69 Å². The lowest BCUT2D eigenvalue weighted by Crippen LogP contribution is -2.22. The second-order valence-corrected chi connectivity index (χ2v) is 6.65. The summed E-state index contributed by atoms with van der Waals surface area (Å²) < 4.78 is 21.0. The van der Waals surface area contributed by atoms with E-state index in [-0.39, 0.29) is 6.42 Å². The largest absolute Gasteiger partial charge is 0.497 e. The first-order chi connectivity index (χ1) is 13.9. The van der Waals surface area contributed by atoms with Crippen molar-refractivity contribution in [3.8, 4) is 11.5 Å². The van der Waals surface area contributed by atoms with Gasteiger partial charge >= 0.3 is 5.97 Å². The summed E-state index contributed by atoms with van der Waals surface area (Å²) in [6, 6.07) is 8.94. The van der Waals surface area contributed by atoms with Gasteiger partial charge in [-0.05, 0) is 49.2 Å². The van der Waals surface area contributed by atoms with Gasteiger partial charge in [-0.15, -0.1) is 0 Å². The number of benzene rings is 2. The molecule has 3 aromatic rings. The minimum Gasteiger partial charge on any atom is -0.497 e. The van der Waals surface area contributed by atoms with E-state index < -0.39 is 18.5 Å². The Morgan fingerprint density at radius 2 is 1.79 bits per heavy atom. The van der Waals surface area contributed by atoms with Crippen LogP contribution in [-0.2, 0) is 20.7 Å². The van der Waals surface area contributed by atoms with Gasteiger partial charge in [-0.1, -0.05) is 0 Å². The molecule has 0 radical (unpaired) electrons. The van der Waals surface area contributed by atoms with Crippen molar-refractivity contribution in [3.05, 3.63) is 53.3 Å². The molecule has 1 N–H and O–H groups in total. The summed E-state index contributed by atoms with van der Waals surface area (Å²) in [5, 5.41) is 3.52. The number of carbonyl (C=O) groups excluding carboxylic acids is 2. The lowest BCUT2D eigenvalue weighted by atomic mass is 10.0. The maximum absolute atomic E-state index is 12.2. The van der Waals surface area contributed by atoms with Gasteiger partial charge in [0, 0.05) is 17.0 Å². The van der Waals surface area contributed by atoms with Crippen molar-refractivity contribution in [2.75, 3.05) is 26.1 Å². The van der Waals surface area contributed by atoms with E-state index in [9.17, 15) is 9.59 Å². The quantitative estimate of drug-likeness (QED) is 0.611. The van der Waals surface area contributed by atoms with Gasteiger partial charge in [-0.2, -0.15) is 0 Å². The van der Waals surface area contributed by atoms with Crippen LogP contribution in [0.5, 0.6) is 11.5 Å². The van der Waals surface area contributed by atoms with Crippen molar-refractivity contribution in [1.82, 2.24) is 0 Å². The molecular formula is C22H23NO6. The number of esters is 1. The van der Waals surface area contributed by atoms with Crippen molar-refractivity contribution >= 4 is 28.5 Å². The molecule has 1 aromatic heterocycles. The highest BCUT2D eigenvalue weighted by molar-refractivity contribution is 5.95. The molecule has 7 heteroatoms. The van der Waals surface area contributed by atoms with E-state index in [1.165, 1.54) is 14.2 Å². The van der Waals surface area contributed by atoms with Gasteiger partial charge in [0.2, 0.25) is 0 Å². The maximum atomic E-state index is 12.2. The fraction of sp³-hybridized carbons (Fsp3) is 0.273. The van der Waals surface area contributed by atoms with E-state index in [0.717, 1.165) is 27.7 Å². The van der Waals surface area contributed by atoms with Gasteiger partial charge < -0.3 is 23.9 Å². The molecule has 0 atom stereocenters. The van der Waals surface area contributed by atoms with Gasteiger partial charge in [0.15, 0.2) is 6.61 Å². The van der Waals surface area contributed by atoms with Crippen molar-refractivity contribution < 1.29 is 28.2 Å². The second kappa shape index (κ2) is 8.68. The molecule has 0 bridgehead atoms. The van der Waals surface area contributed by atoms with E-state index in [2.05, 4.69) is 5.32 Å². The predicted molar refractivity (Wildman–Crippen MR) is 109 cm³/mol. The maximum Gasteiger partial charge on any atom is 0.310 e. The van der Waals surface area contributed by atoms with Crippen LogP contribution in [0.3, 0.4) is 0 Å². The summed E-state index contributed by atoms with van der Waals surface area (Å²) in [4.78, 5) is 24.4. The Labute approximate surface area is 168 Å². The number of nitrogens with one attached hydrogen (secondary N) is 1. The van der Waals surface area contributed by atoms with Crippen LogP contribution in [0.2, 0.25) is 0 Å². The minimum absolute atomic E-state index is 0.0191. The Bertz CT molecular complexity index is 1050. The molecule has 0 aliphatic carbocycles. The molecule has 1 heterocycles. The number of aryl methyl sites for hydroxylation is 2. The van der Waals surface area contributed by atoms with E-state index in [0.29, 0.717) is 17.2 Å². The summed E-state index contributed by atoms with van der Waals surface area (Å²) in [5.74, 6) is 0.0450. The van der Waals surface area contributed by atoms with Crippen molar-refractivity contribution in [2.24, 2.45) is 0 Å². The normalized spacial score (nSPS) is 10.6. The van der Waals surface area contributed by atoms with E-state index in [1.807, 2.05) is 26.0 Å². The monoisotopic (exact) mass is 397 g/mol. The van der Waals surface area contributed by atoms with Gasteiger partial charge in [-0.25, -0.2) is 0 Å². The van der Waals surface area contributed by atoms with Gasteiger partial charge in [-0.3, -0.25) is 9.59 Å². The van der Waals surface area contributed by atoms with Gasteiger partial charge in [0.1, 0.15) is 17.1 Å². The van der Waals surface area contributed by atoms with E-state index in [1.54, 1.807) is 24.5 Å². The van der Waals surface area contributed by atoms with Gasteiger partial charge in [0.25, 0.3) is 5.91 Å².